The third-order valence-corrected chi connectivity index (χ3v) is 5.36. The molecule has 1 heterocycles. The molecule has 1 aliphatic heterocycles. The zero-order valence-electron chi connectivity index (χ0n) is 7.61. The fourth-order valence-corrected chi connectivity index (χ4v) is 4.65. The summed E-state index contributed by atoms with van der Waals surface area (Å²) >= 11 is 7.03. The lowest BCUT2D eigenvalue weighted by molar-refractivity contribution is 0.601. The highest BCUT2D eigenvalue weighted by atomic mass is 35.5. The fraction of sp³-hybridized carbons (Fsp3) is 0.400. The first kappa shape index (κ1) is 10.7. The molecule has 14 heavy (non-hydrogen) atoms. The predicted octanol–water partition coefficient (Wildman–Crippen LogP) is 2.95. The minimum Gasteiger partial charge on any atom is -0.616 e. The van der Waals surface area contributed by atoms with Crippen LogP contribution in [0.15, 0.2) is 29.2 Å². The standard InChI is InChI=1S/C10H11ClOS2/c11-8-1-3-9(4-2-8)13-10-5-6-14(12)7-10/h1-4,10H,5-7H2. The summed E-state index contributed by atoms with van der Waals surface area (Å²) in [6, 6.07) is 7.84. The van der Waals surface area contributed by atoms with Gasteiger partial charge in [-0.15, -0.1) is 11.8 Å². The zero-order valence-corrected chi connectivity index (χ0v) is 10.00. The largest absolute Gasteiger partial charge is 0.616 e. The first-order valence-corrected chi connectivity index (χ1v) is 7.26. The van der Waals surface area contributed by atoms with E-state index in [1.54, 1.807) is 0 Å². The number of hydrogen-bond donors (Lipinski definition) is 0. The van der Waals surface area contributed by atoms with Crippen LogP contribution in [0.1, 0.15) is 6.42 Å². The van der Waals surface area contributed by atoms with Crippen molar-refractivity contribution in [3.05, 3.63) is 29.3 Å². The van der Waals surface area contributed by atoms with Gasteiger partial charge in [0.15, 0.2) is 0 Å². The molecule has 2 unspecified atom stereocenters. The van der Waals surface area contributed by atoms with Gasteiger partial charge in [-0.3, -0.25) is 0 Å². The predicted molar refractivity (Wildman–Crippen MR) is 63.6 cm³/mol. The van der Waals surface area contributed by atoms with E-state index in [1.807, 2.05) is 36.0 Å². The van der Waals surface area contributed by atoms with E-state index in [4.69, 9.17) is 11.6 Å². The molecule has 0 spiro atoms. The molecule has 0 amide bonds. The first-order chi connectivity index (χ1) is 6.74. The molecule has 1 aromatic rings. The van der Waals surface area contributed by atoms with Gasteiger partial charge in [0.2, 0.25) is 0 Å². The second-order valence-electron chi connectivity index (χ2n) is 3.29. The van der Waals surface area contributed by atoms with Gasteiger partial charge in [-0.1, -0.05) is 22.8 Å². The molecule has 0 saturated carbocycles. The summed E-state index contributed by atoms with van der Waals surface area (Å²) in [6.45, 7) is 0. The van der Waals surface area contributed by atoms with Crippen molar-refractivity contribution in [1.82, 2.24) is 0 Å². The molecule has 2 rings (SSSR count). The number of thioether (sulfide) groups is 1. The Kier molecular flexibility index (Phi) is 3.66. The van der Waals surface area contributed by atoms with Crippen LogP contribution in [-0.4, -0.2) is 21.3 Å². The SMILES string of the molecule is [O-][S+]1CCC(Sc2ccc(Cl)cc2)C1. The van der Waals surface area contributed by atoms with Crippen molar-refractivity contribution >= 4 is 34.5 Å². The van der Waals surface area contributed by atoms with Crippen LogP contribution in [0.25, 0.3) is 0 Å². The second kappa shape index (κ2) is 4.79. The molecule has 1 aromatic carbocycles. The van der Waals surface area contributed by atoms with E-state index in [1.165, 1.54) is 4.90 Å². The number of halogens is 1. The van der Waals surface area contributed by atoms with Crippen LogP contribution in [0.3, 0.4) is 0 Å². The minimum atomic E-state index is -0.578. The highest BCUT2D eigenvalue weighted by Gasteiger charge is 2.26. The van der Waals surface area contributed by atoms with Gasteiger partial charge in [0, 0.05) is 16.3 Å². The van der Waals surface area contributed by atoms with Crippen LogP contribution in [0.5, 0.6) is 0 Å². The van der Waals surface area contributed by atoms with Crippen molar-refractivity contribution in [3.63, 3.8) is 0 Å². The maximum Gasteiger partial charge on any atom is 0.117 e. The highest BCUT2D eigenvalue weighted by molar-refractivity contribution is 8.01. The zero-order chi connectivity index (χ0) is 9.97. The molecular formula is C10H11ClOS2. The van der Waals surface area contributed by atoms with Gasteiger partial charge in [0.05, 0.1) is 5.25 Å². The molecule has 2 atom stereocenters. The van der Waals surface area contributed by atoms with Gasteiger partial charge in [-0.05, 0) is 24.3 Å². The fourth-order valence-electron chi connectivity index (χ4n) is 1.44. The van der Waals surface area contributed by atoms with E-state index in [0.717, 1.165) is 22.9 Å². The Morgan fingerprint density at radius 3 is 2.64 bits per heavy atom. The molecule has 1 fully saturated rings. The molecule has 4 heteroatoms. The van der Waals surface area contributed by atoms with Gasteiger partial charge in [-0.25, -0.2) is 0 Å². The van der Waals surface area contributed by atoms with Crippen LogP contribution in [-0.2, 0) is 11.2 Å². The minimum absolute atomic E-state index is 0.525. The molecule has 0 aromatic heterocycles. The Labute approximate surface area is 96.4 Å². The summed E-state index contributed by atoms with van der Waals surface area (Å²) < 4.78 is 11.2. The molecular weight excluding hydrogens is 236 g/mol. The van der Waals surface area contributed by atoms with Crippen molar-refractivity contribution in [2.75, 3.05) is 11.5 Å². The van der Waals surface area contributed by atoms with E-state index in [2.05, 4.69) is 0 Å². The van der Waals surface area contributed by atoms with E-state index in [-0.39, 0.29) is 0 Å². The van der Waals surface area contributed by atoms with E-state index in [0.29, 0.717) is 5.25 Å². The van der Waals surface area contributed by atoms with Gasteiger partial charge in [0.25, 0.3) is 0 Å². The maximum atomic E-state index is 11.2. The molecule has 0 radical (unpaired) electrons. The van der Waals surface area contributed by atoms with Gasteiger partial charge >= 0.3 is 0 Å². The van der Waals surface area contributed by atoms with Crippen LogP contribution in [0, 0.1) is 0 Å². The Morgan fingerprint density at radius 1 is 1.36 bits per heavy atom. The number of benzene rings is 1. The molecule has 1 aliphatic rings. The average molecular weight is 247 g/mol. The summed E-state index contributed by atoms with van der Waals surface area (Å²) in [5.41, 5.74) is 0. The van der Waals surface area contributed by atoms with Crippen molar-refractivity contribution in [2.24, 2.45) is 0 Å². The Bertz CT molecular complexity index is 301. The van der Waals surface area contributed by atoms with Gasteiger partial charge in [0.1, 0.15) is 11.5 Å². The van der Waals surface area contributed by atoms with Crippen molar-refractivity contribution < 1.29 is 4.55 Å². The molecule has 76 valence electrons. The summed E-state index contributed by atoms with van der Waals surface area (Å²) in [6.07, 6.45) is 1.07. The van der Waals surface area contributed by atoms with Crippen molar-refractivity contribution in [1.29, 1.82) is 0 Å². The lowest BCUT2D eigenvalue weighted by atomic mass is 10.4. The van der Waals surface area contributed by atoms with E-state index >= 15 is 0 Å². The first-order valence-electron chi connectivity index (χ1n) is 4.51. The van der Waals surface area contributed by atoms with Crippen molar-refractivity contribution in [3.8, 4) is 0 Å². The summed E-state index contributed by atoms with van der Waals surface area (Å²) in [5, 5.41) is 1.29. The van der Waals surface area contributed by atoms with Gasteiger partial charge < -0.3 is 4.55 Å². The second-order valence-corrected chi connectivity index (χ2v) is 6.72. The Hall–Kier alpha value is 0.170. The third-order valence-electron chi connectivity index (χ3n) is 2.16. The smallest absolute Gasteiger partial charge is 0.117 e. The lowest BCUT2D eigenvalue weighted by Crippen LogP contribution is -2.05. The number of rotatable bonds is 2. The highest BCUT2D eigenvalue weighted by Crippen LogP contribution is 2.31. The summed E-state index contributed by atoms with van der Waals surface area (Å²) in [5.74, 6) is 1.71. The summed E-state index contributed by atoms with van der Waals surface area (Å²) in [7, 11) is 0. The normalized spacial score (nSPS) is 26.7. The third kappa shape index (κ3) is 2.83. The maximum absolute atomic E-state index is 11.2. The number of hydrogen-bond acceptors (Lipinski definition) is 2. The molecule has 1 nitrogen and oxygen atoms in total. The summed E-state index contributed by atoms with van der Waals surface area (Å²) in [4.78, 5) is 1.22. The quantitative estimate of drug-likeness (QED) is 0.749. The Morgan fingerprint density at radius 2 is 2.07 bits per heavy atom. The average Bonchev–Trinajstić information content (AvgIpc) is 2.56. The van der Waals surface area contributed by atoms with Crippen LogP contribution in [0.4, 0.5) is 0 Å². The van der Waals surface area contributed by atoms with Crippen LogP contribution >= 0.6 is 23.4 Å². The Balaban J connectivity index is 1.94. The van der Waals surface area contributed by atoms with E-state index < -0.39 is 11.2 Å². The topological polar surface area (TPSA) is 23.1 Å². The monoisotopic (exact) mass is 246 g/mol. The molecule has 0 N–H and O–H groups in total. The molecule has 0 bridgehead atoms. The van der Waals surface area contributed by atoms with Crippen LogP contribution < -0.4 is 0 Å². The molecule has 1 saturated heterocycles. The van der Waals surface area contributed by atoms with Crippen molar-refractivity contribution in [2.45, 2.75) is 16.6 Å². The van der Waals surface area contributed by atoms with E-state index in [9.17, 15) is 4.55 Å². The van der Waals surface area contributed by atoms with Gasteiger partial charge in [-0.2, -0.15) is 0 Å². The van der Waals surface area contributed by atoms with Crippen LogP contribution in [0.2, 0.25) is 5.02 Å². The lowest BCUT2D eigenvalue weighted by Gasteiger charge is -2.06. The molecule has 0 aliphatic carbocycles.